The average Bonchev–Trinajstić information content (AvgIpc) is 2.77. The van der Waals surface area contributed by atoms with Crippen LogP contribution in [0.3, 0.4) is 0 Å². The number of thioether (sulfide) groups is 1. The minimum Gasteiger partial charge on any atom is -0.497 e. The number of hydrogen-bond acceptors (Lipinski definition) is 6. The van der Waals surface area contributed by atoms with Crippen molar-refractivity contribution in [3.8, 4) is 11.8 Å². The van der Waals surface area contributed by atoms with Crippen LogP contribution >= 0.6 is 11.8 Å². The highest BCUT2D eigenvalue weighted by atomic mass is 32.2. The lowest BCUT2D eigenvalue weighted by molar-refractivity contribution is -0.140. The third-order valence-corrected chi connectivity index (χ3v) is 5.46. The van der Waals surface area contributed by atoms with Gasteiger partial charge in [0.05, 0.1) is 35.3 Å². The number of benzene rings is 2. The van der Waals surface area contributed by atoms with Crippen molar-refractivity contribution in [1.29, 1.82) is 5.26 Å². The van der Waals surface area contributed by atoms with Crippen molar-refractivity contribution in [2.75, 3.05) is 13.4 Å². The summed E-state index contributed by atoms with van der Waals surface area (Å²) in [6.45, 7) is 2.01. The predicted octanol–water partition coefficient (Wildman–Crippen LogP) is 4.50. The Kier molecular flexibility index (Phi) is 6.63. The first-order valence-electron chi connectivity index (χ1n) is 9.10. The summed E-state index contributed by atoms with van der Waals surface area (Å²) in [4.78, 5) is 13.1. The molecule has 1 atom stereocenters. The number of hydrogen-bond donors (Lipinski definition) is 1. The Morgan fingerprint density at radius 2 is 1.86 bits per heavy atom. The second kappa shape index (κ2) is 9.35. The highest BCUT2D eigenvalue weighted by molar-refractivity contribution is 8.02. The fourth-order valence-electron chi connectivity index (χ4n) is 3.27. The maximum Gasteiger partial charge on any atom is 0.337 e. The summed E-state index contributed by atoms with van der Waals surface area (Å²) >= 11 is 1.45. The van der Waals surface area contributed by atoms with Crippen molar-refractivity contribution < 1.29 is 14.3 Å². The van der Waals surface area contributed by atoms with Crippen molar-refractivity contribution >= 4 is 17.7 Å². The van der Waals surface area contributed by atoms with E-state index < -0.39 is 11.9 Å². The topological polar surface area (TPSA) is 71.3 Å². The van der Waals surface area contributed by atoms with E-state index in [0.29, 0.717) is 22.6 Å². The van der Waals surface area contributed by atoms with Crippen LogP contribution in [-0.4, -0.2) is 19.3 Å². The summed E-state index contributed by atoms with van der Waals surface area (Å²) in [6, 6.07) is 19.2. The van der Waals surface area contributed by atoms with Crippen LogP contribution in [0.1, 0.15) is 24.0 Å². The van der Waals surface area contributed by atoms with Crippen molar-refractivity contribution in [3.05, 3.63) is 87.6 Å². The Hall–Kier alpha value is -3.17. The van der Waals surface area contributed by atoms with Gasteiger partial charge < -0.3 is 14.8 Å². The minimum atomic E-state index is -0.502. The fraction of sp³-hybridized carbons (Fsp3) is 0.217. The molecular weight excluding hydrogens is 384 g/mol. The number of methoxy groups -OCH3 is 1. The molecule has 29 heavy (non-hydrogen) atoms. The molecule has 0 fully saturated rings. The zero-order valence-electron chi connectivity index (χ0n) is 16.6. The standard InChI is InChI=1S/C23H22N2O3S/c1-15-20(23(26)28-14-16-7-5-4-6-8-16)21(19(13-24)22(25-15)29-3)17-9-11-18(27-2)12-10-17/h4-12,21,25H,14H2,1-3H3. The maximum atomic E-state index is 13.1. The van der Waals surface area contributed by atoms with Gasteiger partial charge in [-0.05, 0) is 36.4 Å². The van der Waals surface area contributed by atoms with Gasteiger partial charge in [0.25, 0.3) is 0 Å². The third kappa shape index (κ3) is 4.47. The highest BCUT2D eigenvalue weighted by Gasteiger charge is 2.35. The summed E-state index contributed by atoms with van der Waals surface area (Å²) < 4.78 is 10.8. The number of dihydropyridines is 1. The van der Waals surface area contributed by atoms with E-state index in [4.69, 9.17) is 9.47 Å². The molecule has 0 saturated heterocycles. The van der Waals surface area contributed by atoms with Crippen LogP contribution in [0.15, 0.2) is 76.5 Å². The van der Waals surface area contributed by atoms with E-state index in [2.05, 4.69) is 11.4 Å². The Balaban J connectivity index is 1.97. The van der Waals surface area contributed by atoms with Gasteiger partial charge in [-0.1, -0.05) is 42.5 Å². The molecule has 0 aromatic heterocycles. The molecular formula is C23H22N2O3S. The quantitative estimate of drug-likeness (QED) is 0.713. The first kappa shape index (κ1) is 20.6. The van der Waals surface area contributed by atoms with Crippen molar-refractivity contribution in [2.45, 2.75) is 19.4 Å². The number of carbonyl (C=O) groups excluding carboxylic acids is 1. The van der Waals surface area contributed by atoms with Gasteiger partial charge in [-0.15, -0.1) is 11.8 Å². The van der Waals surface area contributed by atoms with Gasteiger partial charge in [-0.2, -0.15) is 5.26 Å². The first-order chi connectivity index (χ1) is 14.1. The predicted molar refractivity (Wildman–Crippen MR) is 114 cm³/mol. The number of esters is 1. The molecule has 1 aliphatic heterocycles. The Labute approximate surface area is 175 Å². The Morgan fingerprint density at radius 3 is 2.45 bits per heavy atom. The molecule has 6 heteroatoms. The average molecular weight is 407 g/mol. The molecule has 0 bridgehead atoms. The highest BCUT2D eigenvalue weighted by Crippen LogP contribution is 2.40. The minimum absolute atomic E-state index is 0.173. The number of carbonyl (C=O) groups is 1. The van der Waals surface area contributed by atoms with Crippen LogP contribution < -0.4 is 10.1 Å². The smallest absolute Gasteiger partial charge is 0.337 e. The van der Waals surface area contributed by atoms with Crippen LogP contribution in [0, 0.1) is 11.3 Å². The monoisotopic (exact) mass is 406 g/mol. The van der Waals surface area contributed by atoms with Gasteiger partial charge in [-0.25, -0.2) is 4.79 Å². The van der Waals surface area contributed by atoms with E-state index in [1.807, 2.05) is 67.8 Å². The number of nitriles is 1. The molecule has 1 unspecified atom stereocenters. The molecule has 3 rings (SSSR count). The SMILES string of the molecule is COc1ccc(C2C(C#N)=C(SC)NC(C)=C2C(=O)OCc2ccccc2)cc1. The molecule has 1 N–H and O–H groups in total. The lowest BCUT2D eigenvalue weighted by atomic mass is 9.82. The molecule has 0 radical (unpaired) electrons. The lowest BCUT2D eigenvalue weighted by Gasteiger charge is -2.29. The van der Waals surface area contributed by atoms with Crippen LogP contribution in [-0.2, 0) is 16.1 Å². The zero-order chi connectivity index (χ0) is 20.8. The van der Waals surface area contributed by atoms with E-state index in [0.717, 1.165) is 16.2 Å². The molecule has 0 saturated carbocycles. The maximum absolute atomic E-state index is 13.1. The molecule has 1 heterocycles. The Morgan fingerprint density at radius 1 is 1.17 bits per heavy atom. The van der Waals surface area contributed by atoms with E-state index in [1.54, 1.807) is 7.11 Å². The van der Waals surface area contributed by atoms with Gasteiger partial charge >= 0.3 is 5.97 Å². The van der Waals surface area contributed by atoms with Crippen LogP contribution in [0.25, 0.3) is 0 Å². The molecule has 2 aromatic carbocycles. The summed E-state index contributed by atoms with van der Waals surface area (Å²) in [6.07, 6.45) is 1.90. The largest absolute Gasteiger partial charge is 0.497 e. The van der Waals surface area contributed by atoms with E-state index in [1.165, 1.54) is 11.8 Å². The summed E-state index contributed by atoms with van der Waals surface area (Å²) in [5.74, 6) is -0.227. The number of rotatable bonds is 6. The second-order valence-electron chi connectivity index (χ2n) is 6.49. The third-order valence-electron chi connectivity index (χ3n) is 4.73. The fourth-order valence-corrected chi connectivity index (χ4v) is 3.91. The zero-order valence-corrected chi connectivity index (χ0v) is 17.4. The van der Waals surface area contributed by atoms with Crippen molar-refractivity contribution in [3.63, 3.8) is 0 Å². The molecule has 0 spiro atoms. The van der Waals surface area contributed by atoms with Crippen molar-refractivity contribution in [1.82, 2.24) is 5.32 Å². The summed E-state index contributed by atoms with van der Waals surface area (Å²) in [7, 11) is 1.60. The lowest BCUT2D eigenvalue weighted by Crippen LogP contribution is -2.28. The van der Waals surface area contributed by atoms with E-state index in [-0.39, 0.29) is 6.61 Å². The van der Waals surface area contributed by atoms with Gasteiger partial charge in [0.1, 0.15) is 12.4 Å². The normalized spacial score (nSPS) is 16.1. The van der Waals surface area contributed by atoms with Crippen molar-refractivity contribution in [2.24, 2.45) is 0 Å². The second-order valence-corrected chi connectivity index (χ2v) is 7.31. The number of nitrogens with one attached hydrogen (secondary N) is 1. The summed E-state index contributed by atoms with van der Waals surface area (Å²) in [5.41, 5.74) is 3.37. The van der Waals surface area contributed by atoms with Crippen LogP contribution in [0.4, 0.5) is 0 Å². The molecule has 5 nitrogen and oxygen atoms in total. The van der Waals surface area contributed by atoms with Gasteiger partial charge in [-0.3, -0.25) is 0 Å². The summed E-state index contributed by atoms with van der Waals surface area (Å²) in [5, 5.41) is 13.8. The van der Waals surface area contributed by atoms with Gasteiger partial charge in [0.15, 0.2) is 0 Å². The van der Waals surface area contributed by atoms with Crippen LogP contribution in [0.2, 0.25) is 0 Å². The first-order valence-corrected chi connectivity index (χ1v) is 10.3. The Bertz CT molecular complexity index is 989. The van der Waals surface area contributed by atoms with E-state index >= 15 is 0 Å². The van der Waals surface area contributed by atoms with Gasteiger partial charge in [0.2, 0.25) is 0 Å². The number of nitrogens with zero attached hydrogens (tertiary/aromatic N) is 1. The molecule has 148 valence electrons. The number of allylic oxidation sites excluding steroid dienone is 2. The van der Waals surface area contributed by atoms with Gasteiger partial charge in [0, 0.05) is 5.70 Å². The molecule has 2 aromatic rings. The van der Waals surface area contributed by atoms with Crippen LogP contribution in [0.5, 0.6) is 5.75 Å². The molecule has 0 amide bonds. The number of ether oxygens (including phenoxy) is 2. The van der Waals surface area contributed by atoms with E-state index in [9.17, 15) is 10.1 Å². The molecule has 1 aliphatic rings. The molecule has 0 aliphatic carbocycles.